The molecule has 0 spiro atoms. The van der Waals surface area contributed by atoms with Gasteiger partial charge in [-0.15, -0.1) is 0 Å². The fourth-order valence-electron chi connectivity index (χ4n) is 7.84. The molecule has 0 rings (SSSR count). The van der Waals surface area contributed by atoms with Crippen molar-refractivity contribution < 1.29 is 28.6 Å². The molecule has 0 aromatic carbocycles. The van der Waals surface area contributed by atoms with Gasteiger partial charge in [-0.05, 0) is 89.9 Å². The van der Waals surface area contributed by atoms with E-state index in [2.05, 4.69) is 81.5 Å². The predicted molar refractivity (Wildman–Crippen MR) is 279 cm³/mol. The SMILES string of the molecule is CC\C=C/C=C\C=C/CCCCCCCCCC(=O)OC(COC(=O)CCCCC/C=C\CCCCCCCC)COC(=O)CCCCCCCCC/C=C\CCCCCCCCCC. The molecular weight excluding hydrogens is 805 g/mol. The molecule has 0 aliphatic rings. The van der Waals surface area contributed by atoms with Crippen LogP contribution in [-0.2, 0) is 28.6 Å². The van der Waals surface area contributed by atoms with E-state index in [0.717, 1.165) is 83.5 Å². The summed E-state index contributed by atoms with van der Waals surface area (Å²) in [4.78, 5) is 38.1. The highest BCUT2D eigenvalue weighted by Gasteiger charge is 2.19. The van der Waals surface area contributed by atoms with Gasteiger partial charge in [-0.25, -0.2) is 0 Å². The molecule has 376 valence electrons. The van der Waals surface area contributed by atoms with Gasteiger partial charge in [-0.2, -0.15) is 0 Å². The van der Waals surface area contributed by atoms with Crippen molar-refractivity contribution in [2.24, 2.45) is 0 Å². The van der Waals surface area contributed by atoms with E-state index in [1.807, 2.05) is 0 Å². The first-order valence-electron chi connectivity index (χ1n) is 27.8. The molecule has 0 N–H and O–H groups in total. The van der Waals surface area contributed by atoms with E-state index in [0.29, 0.717) is 19.3 Å². The monoisotopic (exact) mass is 909 g/mol. The largest absolute Gasteiger partial charge is 0.462 e. The summed E-state index contributed by atoms with van der Waals surface area (Å²) >= 11 is 0. The topological polar surface area (TPSA) is 78.9 Å². The Morgan fingerprint density at radius 1 is 0.323 bits per heavy atom. The van der Waals surface area contributed by atoms with Crippen LogP contribution in [0, 0.1) is 0 Å². The van der Waals surface area contributed by atoms with E-state index in [4.69, 9.17) is 14.2 Å². The first-order valence-corrected chi connectivity index (χ1v) is 27.8. The zero-order valence-corrected chi connectivity index (χ0v) is 43.0. The molecule has 0 heterocycles. The molecule has 0 aromatic heterocycles. The van der Waals surface area contributed by atoms with Gasteiger partial charge < -0.3 is 14.2 Å². The molecule has 0 saturated carbocycles. The molecule has 6 nitrogen and oxygen atoms in total. The van der Waals surface area contributed by atoms with Crippen LogP contribution in [0.2, 0.25) is 0 Å². The Balaban J connectivity index is 4.37. The van der Waals surface area contributed by atoms with Gasteiger partial charge >= 0.3 is 17.9 Å². The standard InChI is InChI=1S/C59H104O6/c1-4-7-10-13-16-19-22-25-27-28-29-30-32-34-37-40-43-46-49-52-58(61)64-55-56(54-63-57(60)51-48-45-42-39-36-33-24-21-18-15-12-9-6-3)65-59(62)53-50-47-44-41-38-35-31-26-23-20-17-14-11-8-5-2/h8,11,14,17,20,23,28-29,33,36,56H,4-7,9-10,12-13,15-16,18-19,21-22,24-27,30-32,34-35,37-55H2,1-3H3/b11-8-,17-14-,23-20-,29-28-,36-33-. The summed E-state index contributed by atoms with van der Waals surface area (Å²) in [6, 6.07) is 0. The average Bonchev–Trinajstić information content (AvgIpc) is 3.30. The maximum absolute atomic E-state index is 12.8. The van der Waals surface area contributed by atoms with Crippen molar-refractivity contribution in [1.82, 2.24) is 0 Å². The van der Waals surface area contributed by atoms with Crippen LogP contribution < -0.4 is 0 Å². The van der Waals surface area contributed by atoms with E-state index in [1.54, 1.807) is 0 Å². The molecule has 0 aliphatic heterocycles. The highest BCUT2D eigenvalue weighted by atomic mass is 16.6. The third-order valence-corrected chi connectivity index (χ3v) is 12.0. The van der Waals surface area contributed by atoms with Crippen molar-refractivity contribution in [3.63, 3.8) is 0 Å². The minimum Gasteiger partial charge on any atom is -0.462 e. The van der Waals surface area contributed by atoms with Crippen LogP contribution in [0.4, 0.5) is 0 Å². The molecule has 6 heteroatoms. The Morgan fingerprint density at radius 2 is 0.615 bits per heavy atom. The number of rotatable bonds is 50. The maximum Gasteiger partial charge on any atom is 0.306 e. The molecule has 0 fully saturated rings. The summed E-state index contributed by atoms with van der Waals surface area (Å²) in [5.74, 6) is -0.911. The lowest BCUT2D eigenvalue weighted by Crippen LogP contribution is -2.30. The minimum absolute atomic E-state index is 0.0854. The van der Waals surface area contributed by atoms with E-state index in [9.17, 15) is 14.4 Å². The second kappa shape index (κ2) is 53.7. The second-order valence-electron chi connectivity index (χ2n) is 18.5. The fraction of sp³-hybridized carbons (Fsp3) is 0.780. The summed E-state index contributed by atoms with van der Waals surface area (Å²) < 4.78 is 16.8. The molecule has 0 saturated heterocycles. The van der Waals surface area contributed by atoms with Crippen molar-refractivity contribution >= 4 is 17.9 Å². The molecule has 1 atom stereocenters. The van der Waals surface area contributed by atoms with E-state index in [1.165, 1.54) is 154 Å². The Hall–Kier alpha value is -2.89. The van der Waals surface area contributed by atoms with Gasteiger partial charge in [0.1, 0.15) is 13.2 Å². The second-order valence-corrected chi connectivity index (χ2v) is 18.5. The van der Waals surface area contributed by atoms with Crippen LogP contribution in [0.1, 0.15) is 278 Å². The Labute approximate surface area is 402 Å². The Bertz CT molecular complexity index is 1180. The van der Waals surface area contributed by atoms with E-state index < -0.39 is 6.10 Å². The zero-order valence-electron chi connectivity index (χ0n) is 43.0. The number of allylic oxidation sites excluding steroid dienone is 10. The van der Waals surface area contributed by atoms with Gasteiger partial charge in [-0.3, -0.25) is 14.4 Å². The number of ether oxygens (including phenoxy) is 3. The van der Waals surface area contributed by atoms with Crippen LogP contribution in [0.15, 0.2) is 60.8 Å². The van der Waals surface area contributed by atoms with Crippen molar-refractivity contribution in [3.8, 4) is 0 Å². The summed E-state index contributed by atoms with van der Waals surface area (Å²) in [7, 11) is 0. The van der Waals surface area contributed by atoms with E-state index >= 15 is 0 Å². The summed E-state index contributed by atoms with van der Waals surface area (Å²) in [5.41, 5.74) is 0. The highest BCUT2D eigenvalue weighted by molar-refractivity contribution is 5.71. The first kappa shape index (κ1) is 62.1. The van der Waals surface area contributed by atoms with Crippen LogP contribution in [0.25, 0.3) is 0 Å². The van der Waals surface area contributed by atoms with Crippen LogP contribution in [0.5, 0.6) is 0 Å². The predicted octanol–water partition coefficient (Wildman–Crippen LogP) is 18.4. The normalized spacial score (nSPS) is 12.5. The van der Waals surface area contributed by atoms with Crippen molar-refractivity contribution in [1.29, 1.82) is 0 Å². The Kier molecular flexibility index (Phi) is 51.3. The number of unbranched alkanes of at least 4 members (excludes halogenated alkanes) is 31. The molecule has 0 aromatic rings. The molecule has 65 heavy (non-hydrogen) atoms. The van der Waals surface area contributed by atoms with Gasteiger partial charge in [-0.1, -0.05) is 229 Å². The number of hydrogen-bond donors (Lipinski definition) is 0. The molecule has 0 aliphatic carbocycles. The number of carbonyl (C=O) groups excluding carboxylic acids is 3. The van der Waals surface area contributed by atoms with Gasteiger partial charge in [0, 0.05) is 19.3 Å². The van der Waals surface area contributed by atoms with Crippen LogP contribution in [-0.4, -0.2) is 37.2 Å². The summed E-state index contributed by atoms with van der Waals surface area (Å²) in [6.45, 7) is 6.49. The lowest BCUT2D eigenvalue weighted by atomic mass is 10.1. The Morgan fingerprint density at radius 3 is 0.985 bits per heavy atom. The molecule has 0 bridgehead atoms. The van der Waals surface area contributed by atoms with E-state index in [-0.39, 0.29) is 31.1 Å². The quantitative estimate of drug-likeness (QED) is 0.0199. The smallest absolute Gasteiger partial charge is 0.306 e. The van der Waals surface area contributed by atoms with Crippen molar-refractivity contribution in [2.45, 2.75) is 284 Å². The number of carbonyl (C=O) groups is 3. The molecular formula is C59H104O6. The third kappa shape index (κ3) is 51.9. The fourth-order valence-corrected chi connectivity index (χ4v) is 7.84. The maximum atomic E-state index is 12.8. The van der Waals surface area contributed by atoms with Crippen LogP contribution >= 0.6 is 0 Å². The average molecular weight is 909 g/mol. The highest BCUT2D eigenvalue weighted by Crippen LogP contribution is 2.15. The van der Waals surface area contributed by atoms with Crippen LogP contribution in [0.3, 0.4) is 0 Å². The molecule has 1 unspecified atom stereocenters. The lowest BCUT2D eigenvalue weighted by Gasteiger charge is -2.18. The van der Waals surface area contributed by atoms with Gasteiger partial charge in [0.15, 0.2) is 6.10 Å². The lowest BCUT2D eigenvalue weighted by molar-refractivity contribution is -0.167. The third-order valence-electron chi connectivity index (χ3n) is 12.0. The van der Waals surface area contributed by atoms with Gasteiger partial charge in [0.25, 0.3) is 0 Å². The minimum atomic E-state index is -0.788. The first-order chi connectivity index (χ1) is 32.0. The zero-order chi connectivity index (χ0) is 47.2. The van der Waals surface area contributed by atoms with Gasteiger partial charge in [0.05, 0.1) is 0 Å². The van der Waals surface area contributed by atoms with Gasteiger partial charge in [0.2, 0.25) is 0 Å². The number of hydrogen-bond acceptors (Lipinski definition) is 6. The van der Waals surface area contributed by atoms with Crippen molar-refractivity contribution in [2.75, 3.05) is 13.2 Å². The number of esters is 3. The summed E-state index contributed by atoms with van der Waals surface area (Å²) in [6.07, 6.45) is 66.4. The molecule has 0 radical (unpaired) electrons. The molecule has 0 amide bonds. The van der Waals surface area contributed by atoms with Crippen molar-refractivity contribution in [3.05, 3.63) is 60.8 Å². The summed E-state index contributed by atoms with van der Waals surface area (Å²) in [5, 5.41) is 0.